The minimum absolute atomic E-state index is 0.0469. The first-order valence-electron chi connectivity index (χ1n) is 7.58. The molecule has 1 amide bonds. The van der Waals surface area contributed by atoms with Crippen LogP contribution in [0.4, 0.5) is 0 Å². The summed E-state index contributed by atoms with van der Waals surface area (Å²) in [5, 5.41) is 0.764. The fourth-order valence-corrected chi connectivity index (χ4v) is 3.29. The summed E-state index contributed by atoms with van der Waals surface area (Å²) in [5.41, 5.74) is 1.70. The number of nitrogens with zero attached hydrogens (tertiary/aromatic N) is 4. The lowest BCUT2D eigenvalue weighted by Crippen LogP contribution is -2.28. The summed E-state index contributed by atoms with van der Waals surface area (Å²) in [4.78, 5) is 28.1. The highest BCUT2D eigenvalue weighted by Crippen LogP contribution is 2.31. The van der Waals surface area contributed by atoms with Gasteiger partial charge in [0, 0.05) is 26.0 Å². The van der Waals surface area contributed by atoms with Crippen LogP contribution in [0.15, 0.2) is 18.6 Å². The fraction of sp³-hybridized carbons (Fsp3) is 0.500. The predicted octanol–water partition coefficient (Wildman–Crippen LogP) is 3.21. The zero-order chi connectivity index (χ0) is 15.7. The van der Waals surface area contributed by atoms with Crippen LogP contribution >= 0.6 is 11.3 Å². The Hall–Kier alpha value is -1.82. The third-order valence-electron chi connectivity index (χ3n) is 3.77. The van der Waals surface area contributed by atoms with Gasteiger partial charge in [0.25, 0.3) is 5.91 Å². The van der Waals surface area contributed by atoms with Crippen molar-refractivity contribution in [3.63, 3.8) is 0 Å². The van der Waals surface area contributed by atoms with Gasteiger partial charge in [0.2, 0.25) is 0 Å². The van der Waals surface area contributed by atoms with E-state index in [2.05, 4.69) is 28.8 Å². The number of hydrogen-bond donors (Lipinski definition) is 0. The lowest BCUT2D eigenvalue weighted by molar-refractivity contribution is 0.0793. The Morgan fingerprint density at radius 1 is 1.32 bits per heavy atom. The van der Waals surface area contributed by atoms with Crippen LogP contribution in [0, 0.1) is 5.92 Å². The van der Waals surface area contributed by atoms with Crippen LogP contribution in [0.5, 0.6) is 0 Å². The molecule has 2 heterocycles. The van der Waals surface area contributed by atoms with Gasteiger partial charge in [-0.2, -0.15) is 0 Å². The van der Waals surface area contributed by atoms with Crippen molar-refractivity contribution in [3.05, 3.63) is 29.2 Å². The van der Waals surface area contributed by atoms with Gasteiger partial charge in [-0.3, -0.25) is 14.8 Å². The Morgan fingerprint density at radius 3 is 2.73 bits per heavy atom. The van der Waals surface area contributed by atoms with Crippen LogP contribution < -0.4 is 0 Å². The van der Waals surface area contributed by atoms with Crippen molar-refractivity contribution in [3.8, 4) is 10.7 Å². The van der Waals surface area contributed by atoms with E-state index in [9.17, 15) is 4.79 Å². The predicted molar refractivity (Wildman–Crippen MR) is 86.9 cm³/mol. The summed E-state index contributed by atoms with van der Waals surface area (Å²) in [7, 11) is 1.86. The topological polar surface area (TPSA) is 59.0 Å². The molecule has 0 aromatic carbocycles. The average Bonchev–Trinajstić information content (AvgIpc) is 3.19. The summed E-state index contributed by atoms with van der Waals surface area (Å²) >= 11 is 1.40. The number of carbonyl (C=O) groups excluding carboxylic acids is 1. The van der Waals surface area contributed by atoms with E-state index in [4.69, 9.17) is 0 Å². The molecule has 1 aliphatic carbocycles. The van der Waals surface area contributed by atoms with E-state index >= 15 is 0 Å². The number of carbonyl (C=O) groups is 1. The standard InChI is InChI=1S/C16H20N4OS/c1-10(2)13-14(18-7-6-17-13)15-19-8-12(22-15)16(21)20(3)9-11-4-5-11/h6-8,10-11H,4-5,9H2,1-3H3. The molecule has 0 bridgehead atoms. The Kier molecular flexibility index (Phi) is 4.20. The molecule has 5 nitrogen and oxygen atoms in total. The molecule has 1 saturated carbocycles. The van der Waals surface area contributed by atoms with Crippen LogP contribution in [0.25, 0.3) is 10.7 Å². The first-order chi connectivity index (χ1) is 10.6. The third kappa shape index (κ3) is 3.16. The van der Waals surface area contributed by atoms with Crippen LogP contribution in [0.2, 0.25) is 0 Å². The lowest BCUT2D eigenvalue weighted by atomic mass is 10.1. The van der Waals surface area contributed by atoms with E-state index < -0.39 is 0 Å². The van der Waals surface area contributed by atoms with E-state index in [0.717, 1.165) is 22.9 Å². The summed E-state index contributed by atoms with van der Waals surface area (Å²) in [6, 6.07) is 0. The van der Waals surface area contributed by atoms with E-state index in [1.54, 1.807) is 23.5 Å². The molecule has 0 aliphatic heterocycles. The van der Waals surface area contributed by atoms with Gasteiger partial charge in [0.15, 0.2) is 0 Å². The molecular formula is C16H20N4OS. The smallest absolute Gasteiger partial charge is 0.265 e. The summed E-state index contributed by atoms with van der Waals surface area (Å²) in [6.45, 7) is 5.00. The molecule has 0 N–H and O–H groups in total. The number of thiazole rings is 1. The molecule has 2 aromatic rings. The Balaban J connectivity index is 1.83. The summed E-state index contributed by atoms with van der Waals surface area (Å²) in [5.74, 6) is 1.00. The minimum Gasteiger partial charge on any atom is -0.341 e. The van der Waals surface area contributed by atoms with Crippen molar-refractivity contribution < 1.29 is 4.79 Å². The van der Waals surface area contributed by atoms with Gasteiger partial charge in [0.05, 0.1) is 11.9 Å². The number of rotatable bonds is 5. The summed E-state index contributed by atoms with van der Waals surface area (Å²) in [6.07, 6.45) is 7.50. The van der Waals surface area contributed by atoms with Crippen LogP contribution in [0.1, 0.15) is 48.0 Å². The van der Waals surface area contributed by atoms with Gasteiger partial charge in [0.1, 0.15) is 15.6 Å². The van der Waals surface area contributed by atoms with Crippen molar-refractivity contribution in [2.75, 3.05) is 13.6 Å². The van der Waals surface area contributed by atoms with Gasteiger partial charge >= 0.3 is 0 Å². The zero-order valence-electron chi connectivity index (χ0n) is 13.1. The maximum Gasteiger partial charge on any atom is 0.265 e. The maximum absolute atomic E-state index is 12.4. The molecule has 0 spiro atoms. The molecule has 6 heteroatoms. The molecule has 1 fully saturated rings. The monoisotopic (exact) mass is 316 g/mol. The van der Waals surface area contributed by atoms with Crippen LogP contribution in [0.3, 0.4) is 0 Å². The fourth-order valence-electron chi connectivity index (χ4n) is 2.38. The van der Waals surface area contributed by atoms with E-state index in [1.807, 2.05) is 7.05 Å². The normalized spacial score (nSPS) is 14.4. The number of amides is 1. The Morgan fingerprint density at radius 2 is 2.05 bits per heavy atom. The lowest BCUT2D eigenvalue weighted by Gasteiger charge is -2.15. The second kappa shape index (κ2) is 6.12. The van der Waals surface area contributed by atoms with Crippen molar-refractivity contribution in [2.24, 2.45) is 5.92 Å². The van der Waals surface area contributed by atoms with Crippen molar-refractivity contribution in [2.45, 2.75) is 32.6 Å². The highest BCUT2D eigenvalue weighted by molar-refractivity contribution is 7.16. The molecule has 116 valence electrons. The molecule has 0 radical (unpaired) electrons. The van der Waals surface area contributed by atoms with Crippen LogP contribution in [-0.4, -0.2) is 39.4 Å². The van der Waals surface area contributed by atoms with Gasteiger partial charge in [-0.05, 0) is 24.7 Å². The second-order valence-electron chi connectivity index (χ2n) is 6.10. The molecule has 0 saturated heterocycles. The Labute approximate surface area is 134 Å². The first kappa shape index (κ1) is 15.1. The first-order valence-corrected chi connectivity index (χ1v) is 8.40. The largest absolute Gasteiger partial charge is 0.341 e. The van der Waals surface area contributed by atoms with Crippen molar-refractivity contribution >= 4 is 17.2 Å². The van der Waals surface area contributed by atoms with Gasteiger partial charge < -0.3 is 4.90 Å². The van der Waals surface area contributed by atoms with Crippen molar-refractivity contribution in [1.29, 1.82) is 0 Å². The van der Waals surface area contributed by atoms with Gasteiger partial charge in [-0.25, -0.2) is 4.98 Å². The highest BCUT2D eigenvalue weighted by atomic mass is 32.1. The second-order valence-corrected chi connectivity index (χ2v) is 7.13. The van der Waals surface area contributed by atoms with Crippen molar-refractivity contribution in [1.82, 2.24) is 19.9 Å². The number of hydrogen-bond acceptors (Lipinski definition) is 5. The third-order valence-corrected chi connectivity index (χ3v) is 4.76. The van der Waals surface area contributed by atoms with E-state index in [0.29, 0.717) is 10.8 Å². The summed E-state index contributed by atoms with van der Waals surface area (Å²) < 4.78 is 0. The van der Waals surface area contributed by atoms with Gasteiger partial charge in [-0.15, -0.1) is 11.3 Å². The van der Waals surface area contributed by atoms with E-state index in [1.165, 1.54) is 24.2 Å². The minimum atomic E-state index is 0.0469. The highest BCUT2D eigenvalue weighted by Gasteiger charge is 2.26. The average molecular weight is 316 g/mol. The maximum atomic E-state index is 12.4. The molecule has 3 rings (SSSR count). The SMILES string of the molecule is CC(C)c1nccnc1-c1ncc(C(=O)N(C)CC2CC2)s1. The molecule has 0 atom stereocenters. The quantitative estimate of drug-likeness (QED) is 0.850. The van der Waals surface area contributed by atoms with Gasteiger partial charge in [-0.1, -0.05) is 13.8 Å². The molecule has 0 unspecified atom stereocenters. The molecule has 22 heavy (non-hydrogen) atoms. The molecular weight excluding hydrogens is 296 g/mol. The van der Waals surface area contributed by atoms with Crippen LogP contribution in [-0.2, 0) is 0 Å². The Bertz CT molecular complexity index is 678. The molecule has 2 aromatic heterocycles. The molecule has 1 aliphatic rings. The number of aromatic nitrogens is 3. The van der Waals surface area contributed by atoms with E-state index in [-0.39, 0.29) is 11.8 Å². The zero-order valence-corrected chi connectivity index (χ0v) is 13.9.